The van der Waals surface area contributed by atoms with Gasteiger partial charge in [-0.3, -0.25) is 14.6 Å². The number of likely N-dealkylation sites (tertiary alicyclic amines) is 2. The average Bonchev–Trinajstić information content (AvgIpc) is 3.39. The molecule has 8 nitrogen and oxygen atoms in total. The van der Waals surface area contributed by atoms with E-state index in [-0.39, 0.29) is 11.8 Å². The Labute approximate surface area is 227 Å². The number of carbonyl (C=O) groups is 2. The van der Waals surface area contributed by atoms with E-state index >= 15 is 0 Å². The molecule has 0 spiro atoms. The molecule has 0 aliphatic carbocycles. The van der Waals surface area contributed by atoms with Gasteiger partial charge < -0.3 is 24.2 Å². The van der Waals surface area contributed by atoms with Crippen LogP contribution in [0.25, 0.3) is 0 Å². The lowest BCUT2D eigenvalue weighted by Crippen LogP contribution is -2.55. The van der Waals surface area contributed by atoms with E-state index in [0.717, 1.165) is 82.3 Å². The summed E-state index contributed by atoms with van der Waals surface area (Å²) in [5.74, 6) is 2.16. The normalized spacial score (nSPS) is 20.8. The van der Waals surface area contributed by atoms with Gasteiger partial charge in [0, 0.05) is 37.8 Å². The third-order valence-electron chi connectivity index (χ3n) is 8.92. The lowest BCUT2D eigenvalue weighted by molar-refractivity contribution is -0.927. The Kier molecular flexibility index (Phi) is 9.47. The van der Waals surface area contributed by atoms with Crippen LogP contribution in [0.15, 0.2) is 35.0 Å². The molecular weight excluding hydrogens is 480 g/mol. The number of rotatable bonds is 11. The fraction of sp³-hybridized carbons (Fsp3) is 0.633. The van der Waals surface area contributed by atoms with Crippen molar-refractivity contribution in [2.75, 3.05) is 60.0 Å². The summed E-state index contributed by atoms with van der Waals surface area (Å²) in [4.78, 5) is 32.4. The molecular formula is C30H45N4O4+. The molecule has 2 amide bonds. The third kappa shape index (κ3) is 6.40. The summed E-state index contributed by atoms with van der Waals surface area (Å²) in [7, 11) is 3.18. The molecule has 208 valence electrons. The van der Waals surface area contributed by atoms with Crippen molar-refractivity contribution in [2.45, 2.75) is 52.4 Å². The largest absolute Gasteiger partial charge is 0.497 e. The van der Waals surface area contributed by atoms with Gasteiger partial charge in [0.05, 0.1) is 51.9 Å². The van der Waals surface area contributed by atoms with E-state index in [2.05, 4.69) is 30.2 Å². The van der Waals surface area contributed by atoms with E-state index in [1.54, 1.807) is 32.4 Å². The fourth-order valence-corrected chi connectivity index (χ4v) is 6.17. The topological polar surface area (TPSA) is 80.2 Å². The zero-order valence-electron chi connectivity index (χ0n) is 23.6. The first-order valence-electron chi connectivity index (χ1n) is 14.4. The predicted octanol–water partition coefficient (Wildman–Crippen LogP) is 4.06. The molecule has 0 radical (unpaired) electrons. The van der Waals surface area contributed by atoms with Crippen LogP contribution in [0.1, 0.15) is 62.7 Å². The molecule has 2 saturated heterocycles. The van der Waals surface area contributed by atoms with Crippen LogP contribution < -0.4 is 14.8 Å². The van der Waals surface area contributed by atoms with Gasteiger partial charge in [0.15, 0.2) is 0 Å². The van der Waals surface area contributed by atoms with Gasteiger partial charge in [-0.15, -0.1) is 0 Å². The van der Waals surface area contributed by atoms with Crippen molar-refractivity contribution in [2.24, 2.45) is 16.8 Å². The molecule has 8 heteroatoms. The van der Waals surface area contributed by atoms with Crippen molar-refractivity contribution >= 4 is 17.5 Å². The van der Waals surface area contributed by atoms with Gasteiger partial charge in [-0.25, -0.2) is 0 Å². The van der Waals surface area contributed by atoms with Crippen molar-refractivity contribution < 1.29 is 23.5 Å². The number of nitrogens with zero attached hydrogens (tertiary/aromatic N) is 3. The summed E-state index contributed by atoms with van der Waals surface area (Å²) in [6, 6.07) is 5.34. The summed E-state index contributed by atoms with van der Waals surface area (Å²) < 4.78 is 11.8. The van der Waals surface area contributed by atoms with Crippen LogP contribution in [0.4, 0.5) is 0 Å². The van der Waals surface area contributed by atoms with Crippen LogP contribution >= 0.6 is 0 Å². The third-order valence-corrected chi connectivity index (χ3v) is 8.92. The number of quaternary nitrogens is 1. The highest BCUT2D eigenvalue weighted by Crippen LogP contribution is 2.30. The Hall–Kier alpha value is -2.87. The summed E-state index contributed by atoms with van der Waals surface area (Å²) >= 11 is 0. The molecule has 1 aromatic carbocycles. The zero-order chi connectivity index (χ0) is 27.1. The number of hydrogen-bond donors (Lipinski definition) is 1. The number of piperidine rings is 2. The van der Waals surface area contributed by atoms with Crippen LogP contribution in [-0.4, -0.2) is 86.9 Å². The van der Waals surface area contributed by atoms with Gasteiger partial charge in [0.2, 0.25) is 0 Å². The maximum Gasteiger partial charge on any atom is 0.269 e. The van der Waals surface area contributed by atoms with E-state index in [9.17, 15) is 9.59 Å². The maximum absolute atomic E-state index is 13.1. The molecule has 0 bridgehead atoms. The standard InChI is InChI=1S/C30H44N4O4/c1-5-34(6-2)18-14-26-23(21-34)19-27(32-26)29(35)31-15-8-7-9-22-12-16-33(17-13-22)30(36)25-11-10-24(37-3)20-28(25)38-4/h10-11,19-20,22-23H,5-9,12-18,21H2,1-4H3/p+1. The first-order valence-corrected chi connectivity index (χ1v) is 14.4. The minimum Gasteiger partial charge on any atom is -0.497 e. The molecule has 38 heavy (non-hydrogen) atoms. The number of ether oxygens (including phenoxy) is 2. The zero-order valence-corrected chi connectivity index (χ0v) is 23.6. The van der Waals surface area contributed by atoms with E-state index in [0.29, 0.717) is 41.1 Å². The first kappa shape index (κ1) is 28.1. The van der Waals surface area contributed by atoms with E-state index in [4.69, 9.17) is 9.47 Å². The second-order valence-electron chi connectivity index (χ2n) is 10.9. The van der Waals surface area contributed by atoms with Gasteiger partial charge >= 0.3 is 0 Å². The predicted molar refractivity (Wildman–Crippen MR) is 150 cm³/mol. The average molecular weight is 526 g/mol. The number of amides is 2. The SMILES string of the molecule is CC[N+]1(CC)CCC2=NC(C(=O)NCCCCC3CCN(C(=O)c4ccc(OC)cc4OC)CC3)=CC2C1. The van der Waals surface area contributed by atoms with Crippen molar-refractivity contribution in [1.29, 1.82) is 0 Å². The van der Waals surface area contributed by atoms with Gasteiger partial charge in [-0.1, -0.05) is 12.8 Å². The van der Waals surface area contributed by atoms with Crippen LogP contribution in [0.5, 0.6) is 11.5 Å². The lowest BCUT2D eigenvalue weighted by atomic mass is 9.91. The quantitative estimate of drug-likeness (QED) is 0.349. The number of nitrogens with one attached hydrogen (secondary N) is 1. The maximum atomic E-state index is 13.1. The Balaban J connectivity index is 1.14. The number of carbonyl (C=O) groups excluding carboxylic acids is 2. The summed E-state index contributed by atoms with van der Waals surface area (Å²) in [6.07, 6.45) is 8.29. The molecule has 3 aliphatic rings. The molecule has 0 aromatic heterocycles. The van der Waals surface area contributed by atoms with Gasteiger partial charge in [-0.05, 0) is 57.2 Å². The smallest absolute Gasteiger partial charge is 0.269 e. The second-order valence-corrected chi connectivity index (χ2v) is 10.9. The molecule has 1 unspecified atom stereocenters. The minimum absolute atomic E-state index is 0.0179. The fourth-order valence-electron chi connectivity index (χ4n) is 6.17. The number of aliphatic imine (C=N–C) groups is 1. The second kappa shape index (κ2) is 12.8. The summed E-state index contributed by atoms with van der Waals surface area (Å²) in [6.45, 7) is 11.2. The monoisotopic (exact) mass is 525 g/mol. The molecule has 1 atom stereocenters. The number of benzene rings is 1. The summed E-state index contributed by atoms with van der Waals surface area (Å²) in [5, 5.41) is 3.09. The van der Waals surface area contributed by atoms with Crippen molar-refractivity contribution in [1.82, 2.24) is 10.2 Å². The van der Waals surface area contributed by atoms with E-state index in [1.165, 1.54) is 5.71 Å². The number of unbranched alkanes of at least 4 members (excludes halogenated alkanes) is 1. The van der Waals surface area contributed by atoms with Crippen LogP contribution in [0, 0.1) is 11.8 Å². The van der Waals surface area contributed by atoms with Crippen LogP contribution in [-0.2, 0) is 4.79 Å². The highest BCUT2D eigenvalue weighted by molar-refractivity contribution is 6.02. The lowest BCUT2D eigenvalue weighted by Gasteiger charge is -2.42. The van der Waals surface area contributed by atoms with Gasteiger partial charge in [0.25, 0.3) is 11.8 Å². The number of hydrogen-bond acceptors (Lipinski definition) is 5. The highest BCUT2D eigenvalue weighted by Gasteiger charge is 2.38. The summed E-state index contributed by atoms with van der Waals surface area (Å²) in [5.41, 5.74) is 2.39. The molecule has 1 N–H and O–H groups in total. The molecule has 3 heterocycles. The minimum atomic E-state index is -0.0289. The number of methoxy groups -OCH3 is 2. The van der Waals surface area contributed by atoms with Gasteiger partial charge in [0.1, 0.15) is 17.2 Å². The van der Waals surface area contributed by atoms with E-state index in [1.807, 2.05) is 4.90 Å². The van der Waals surface area contributed by atoms with Gasteiger partial charge in [-0.2, -0.15) is 0 Å². The Bertz CT molecular complexity index is 1050. The Morgan fingerprint density at radius 1 is 1.11 bits per heavy atom. The highest BCUT2D eigenvalue weighted by atomic mass is 16.5. The van der Waals surface area contributed by atoms with E-state index < -0.39 is 0 Å². The van der Waals surface area contributed by atoms with Crippen LogP contribution in [0.3, 0.4) is 0 Å². The molecule has 0 saturated carbocycles. The Morgan fingerprint density at radius 2 is 1.87 bits per heavy atom. The van der Waals surface area contributed by atoms with Crippen molar-refractivity contribution in [3.63, 3.8) is 0 Å². The van der Waals surface area contributed by atoms with Crippen LogP contribution in [0.2, 0.25) is 0 Å². The first-order chi connectivity index (χ1) is 18.4. The number of fused-ring (bicyclic) bond motifs is 1. The van der Waals surface area contributed by atoms with Crippen molar-refractivity contribution in [3.8, 4) is 11.5 Å². The molecule has 4 rings (SSSR count). The Morgan fingerprint density at radius 3 is 2.55 bits per heavy atom. The molecule has 3 aliphatic heterocycles. The van der Waals surface area contributed by atoms with Crippen molar-refractivity contribution in [3.05, 3.63) is 35.5 Å². The molecule has 2 fully saturated rings. The molecule has 1 aromatic rings.